The van der Waals surface area contributed by atoms with Crippen molar-refractivity contribution >= 4 is 18.1 Å². The van der Waals surface area contributed by atoms with Crippen molar-refractivity contribution in [2.45, 2.75) is 26.2 Å². The average Bonchev–Trinajstić information content (AvgIpc) is 2.40. The molecule has 3 rings (SSSR count). The van der Waals surface area contributed by atoms with E-state index in [4.69, 9.17) is 0 Å². The molecule has 2 nitrogen and oxygen atoms in total. The number of halogens is 1. The van der Waals surface area contributed by atoms with Crippen LogP contribution >= 0.6 is 12.4 Å². The van der Waals surface area contributed by atoms with E-state index >= 15 is 0 Å². The Kier molecular flexibility index (Phi) is 5.12. The maximum atomic E-state index is 3.46. The van der Waals surface area contributed by atoms with Crippen molar-refractivity contribution in [1.82, 2.24) is 5.32 Å². The van der Waals surface area contributed by atoms with Crippen LogP contribution in [0.2, 0.25) is 0 Å². The second-order valence-corrected chi connectivity index (χ2v) is 6.04. The number of anilines is 1. The standard InChI is InChI=1S/C16H24N2.ClH/c1-13-10-15-4-2-3-5-16(15)18(11-13)12-14-6-8-17-9-7-14;/h2-5,13-14,17H,6-12H2,1H3;1H. The normalized spacial score (nSPS) is 23.6. The molecule has 19 heavy (non-hydrogen) atoms. The molecule has 2 aliphatic heterocycles. The van der Waals surface area contributed by atoms with Gasteiger partial charge in [-0.1, -0.05) is 25.1 Å². The van der Waals surface area contributed by atoms with Gasteiger partial charge in [-0.15, -0.1) is 12.4 Å². The third-order valence-corrected chi connectivity index (χ3v) is 4.37. The first-order valence-corrected chi connectivity index (χ1v) is 7.36. The highest BCUT2D eigenvalue weighted by molar-refractivity contribution is 5.85. The number of nitrogens with zero attached hydrogens (tertiary/aromatic N) is 1. The lowest BCUT2D eigenvalue weighted by atomic mass is 9.91. The summed E-state index contributed by atoms with van der Waals surface area (Å²) in [4.78, 5) is 2.64. The van der Waals surface area contributed by atoms with Crippen molar-refractivity contribution in [3.63, 3.8) is 0 Å². The van der Waals surface area contributed by atoms with Crippen LogP contribution in [-0.4, -0.2) is 26.2 Å². The molecule has 1 atom stereocenters. The van der Waals surface area contributed by atoms with Crippen LogP contribution in [0.3, 0.4) is 0 Å². The molecule has 2 aliphatic rings. The molecule has 0 bridgehead atoms. The van der Waals surface area contributed by atoms with Gasteiger partial charge in [0.1, 0.15) is 0 Å². The van der Waals surface area contributed by atoms with Gasteiger partial charge in [-0.3, -0.25) is 0 Å². The van der Waals surface area contributed by atoms with Crippen molar-refractivity contribution in [3.05, 3.63) is 29.8 Å². The van der Waals surface area contributed by atoms with E-state index < -0.39 is 0 Å². The van der Waals surface area contributed by atoms with Crippen LogP contribution in [0.25, 0.3) is 0 Å². The Morgan fingerprint density at radius 1 is 1.21 bits per heavy atom. The van der Waals surface area contributed by atoms with Crippen LogP contribution < -0.4 is 10.2 Å². The lowest BCUT2D eigenvalue weighted by Crippen LogP contribution is -2.40. The van der Waals surface area contributed by atoms with Gasteiger partial charge in [0.05, 0.1) is 0 Å². The van der Waals surface area contributed by atoms with Crippen molar-refractivity contribution in [1.29, 1.82) is 0 Å². The zero-order valence-corrected chi connectivity index (χ0v) is 12.6. The summed E-state index contributed by atoms with van der Waals surface area (Å²) >= 11 is 0. The number of rotatable bonds is 2. The topological polar surface area (TPSA) is 15.3 Å². The Balaban J connectivity index is 0.00000133. The van der Waals surface area contributed by atoms with E-state index in [1.807, 2.05) is 0 Å². The van der Waals surface area contributed by atoms with E-state index in [1.54, 1.807) is 5.56 Å². The Morgan fingerprint density at radius 2 is 1.95 bits per heavy atom. The van der Waals surface area contributed by atoms with E-state index in [2.05, 4.69) is 41.4 Å². The van der Waals surface area contributed by atoms with Crippen LogP contribution in [0.4, 0.5) is 5.69 Å². The molecule has 0 aromatic heterocycles. The summed E-state index contributed by atoms with van der Waals surface area (Å²) in [6.07, 6.45) is 3.93. The maximum Gasteiger partial charge on any atom is 0.0399 e. The van der Waals surface area contributed by atoms with E-state index in [-0.39, 0.29) is 12.4 Å². The quantitative estimate of drug-likeness (QED) is 0.896. The molecule has 0 radical (unpaired) electrons. The summed E-state index contributed by atoms with van der Waals surface area (Å²) in [5.41, 5.74) is 3.04. The second-order valence-electron chi connectivity index (χ2n) is 6.04. The molecule has 1 N–H and O–H groups in total. The van der Waals surface area contributed by atoms with E-state index in [0.29, 0.717) is 0 Å². The first-order valence-electron chi connectivity index (χ1n) is 7.36. The Hall–Kier alpha value is -0.730. The molecule has 1 aromatic carbocycles. The molecule has 0 amide bonds. The molecule has 1 fully saturated rings. The zero-order valence-electron chi connectivity index (χ0n) is 11.8. The molecular formula is C16H25ClN2. The van der Waals surface area contributed by atoms with Crippen molar-refractivity contribution < 1.29 is 0 Å². The lowest BCUT2D eigenvalue weighted by Gasteiger charge is -2.38. The number of nitrogens with one attached hydrogen (secondary N) is 1. The minimum atomic E-state index is 0. The highest BCUT2D eigenvalue weighted by Gasteiger charge is 2.24. The largest absolute Gasteiger partial charge is 0.371 e. The van der Waals surface area contributed by atoms with Crippen LogP contribution in [0.1, 0.15) is 25.3 Å². The number of fused-ring (bicyclic) bond motifs is 1. The smallest absolute Gasteiger partial charge is 0.0399 e. The van der Waals surface area contributed by atoms with Crippen molar-refractivity contribution in [2.24, 2.45) is 11.8 Å². The second kappa shape index (κ2) is 6.62. The fourth-order valence-corrected chi connectivity index (χ4v) is 3.46. The number of piperidine rings is 1. The number of hydrogen-bond acceptors (Lipinski definition) is 2. The van der Waals surface area contributed by atoms with Gasteiger partial charge in [-0.2, -0.15) is 0 Å². The molecule has 0 aliphatic carbocycles. The predicted molar refractivity (Wildman–Crippen MR) is 84.4 cm³/mol. The minimum absolute atomic E-state index is 0. The van der Waals surface area contributed by atoms with Gasteiger partial charge in [0.2, 0.25) is 0 Å². The third kappa shape index (κ3) is 3.43. The number of benzene rings is 1. The fourth-order valence-electron chi connectivity index (χ4n) is 3.46. The van der Waals surface area contributed by atoms with Gasteiger partial charge in [0.25, 0.3) is 0 Å². The third-order valence-electron chi connectivity index (χ3n) is 4.37. The summed E-state index contributed by atoms with van der Waals surface area (Å²) < 4.78 is 0. The van der Waals surface area contributed by atoms with Gasteiger partial charge in [0.15, 0.2) is 0 Å². The average molecular weight is 281 g/mol. The first-order chi connectivity index (χ1) is 8.83. The SMILES string of the molecule is CC1Cc2ccccc2N(CC2CCNCC2)C1.Cl. The zero-order chi connectivity index (χ0) is 12.4. The monoisotopic (exact) mass is 280 g/mol. The molecule has 3 heteroatoms. The molecule has 0 spiro atoms. The Morgan fingerprint density at radius 3 is 2.74 bits per heavy atom. The summed E-state index contributed by atoms with van der Waals surface area (Å²) in [5, 5.41) is 3.46. The van der Waals surface area contributed by atoms with Crippen LogP contribution in [-0.2, 0) is 6.42 Å². The van der Waals surface area contributed by atoms with Gasteiger partial charge >= 0.3 is 0 Å². The minimum Gasteiger partial charge on any atom is -0.371 e. The van der Waals surface area contributed by atoms with E-state index in [1.165, 1.54) is 51.1 Å². The predicted octanol–water partition coefficient (Wildman–Crippen LogP) is 3.11. The highest BCUT2D eigenvalue weighted by atomic mass is 35.5. The van der Waals surface area contributed by atoms with Crippen LogP contribution in [0.15, 0.2) is 24.3 Å². The molecule has 1 unspecified atom stereocenters. The van der Waals surface area contributed by atoms with Gasteiger partial charge in [0, 0.05) is 18.8 Å². The maximum absolute atomic E-state index is 3.46. The van der Waals surface area contributed by atoms with E-state index in [0.717, 1.165) is 11.8 Å². The fraction of sp³-hybridized carbons (Fsp3) is 0.625. The summed E-state index contributed by atoms with van der Waals surface area (Å²) in [6.45, 7) is 7.28. The number of hydrogen-bond donors (Lipinski definition) is 1. The number of para-hydroxylation sites is 1. The highest BCUT2D eigenvalue weighted by Crippen LogP contribution is 2.30. The molecule has 1 saturated heterocycles. The van der Waals surface area contributed by atoms with Crippen LogP contribution in [0.5, 0.6) is 0 Å². The Labute approximate surface area is 123 Å². The lowest BCUT2D eigenvalue weighted by molar-refractivity contribution is 0.364. The van der Waals surface area contributed by atoms with Crippen molar-refractivity contribution in [3.8, 4) is 0 Å². The Bertz CT molecular complexity index is 401. The van der Waals surface area contributed by atoms with E-state index in [9.17, 15) is 0 Å². The summed E-state index contributed by atoms with van der Waals surface area (Å²) in [5.74, 6) is 1.67. The molecular weight excluding hydrogens is 256 g/mol. The van der Waals surface area contributed by atoms with Gasteiger partial charge in [-0.05, 0) is 55.8 Å². The van der Waals surface area contributed by atoms with Gasteiger partial charge in [-0.25, -0.2) is 0 Å². The summed E-state index contributed by atoms with van der Waals surface area (Å²) in [7, 11) is 0. The summed E-state index contributed by atoms with van der Waals surface area (Å²) in [6, 6.07) is 8.98. The molecule has 106 valence electrons. The first kappa shape index (κ1) is 14.7. The molecule has 0 saturated carbocycles. The van der Waals surface area contributed by atoms with Gasteiger partial charge < -0.3 is 10.2 Å². The molecule has 1 aromatic rings. The van der Waals surface area contributed by atoms with Crippen molar-refractivity contribution in [2.75, 3.05) is 31.1 Å². The molecule has 2 heterocycles. The van der Waals surface area contributed by atoms with Crippen LogP contribution in [0, 0.1) is 11.8 Å².